The number of hydrogen-bond donors (Lipinski definition) is 1. The Morgan fingerprint density at radius 1 is 1.43 bits per heavy atom. The quantitative estimate of drug-likeness (QED) is 0.791. The van der Waals surface area contributed by atoms with Gasteiger partial charge in [-0.15, -0.1) is 0 Å². The van der Waals surface area contributed by atoms with Crippen LogP contribution in [0.4, 0.5) is 10.3 Å². The third kappa shape index (κ3) is 1.44. The Kier molecular flexibility index (Phi) is 2.13. The van der Waals surface area contributed by atoms with Gasteiger partial charge in [-0.2, -0.15) is 0 Å². The summed E-state index contributed by atoms with van der Waals surface area (Å²) in [5.41, 5.74) is 6.46. The molecule has 0 atom stereocenters. The lowest BCUT2D eigenvalue weighted by molar-refractivity contribution is 0.437. The van der Waals surface area contributed by atoms with E-state index in [1.807, 2.05) is 0 Å². The van der Waals surface area contributed by atoms with Crippen LogP contribution >= 0.6 is 11.6 Å². The van der Waals surface area contributed by atoms with Crippen LogP contribution in [-0.4, -0.2) is 5.16 Å². The van der Waals surface area contributed by atoms with Crippen LogP contribution in [0, 0.1) is 5.82 Å². The third-order valence-corrected chi connectivity index (χ3v) is 2.05. The SMILES string of the molecule is Nc1onc(Cl)c1-c1cccc(F)c1. The normalized spacial score (nSPS) is 10.4. The van der Waals surface area contributed by atoms with E-state index in [9.17, 15) is 4.39 Å². The predicted molar refractivity (Wildman–Crippen MR) is 51.3 cm³/mol. The van der Waals surface area contributed by atoms with E-state index in [4.69, 9.17) is 17.3 Å². The zero-order chi connectivity index (χ0) is 10.1. The van der Waals surface area contributed by atoms with Crippen LogP contribution in [0.1, 0.15) is 0 Å². The number of benzene rings is 1. The predicted octanol–water partition coefficient (Wildman–Crippen LogP) is 2.72. The summed E-state index contributed by atoms with van der Waals surface area (Å²) in [5, 5.41) is 3.60. The van der Waals surface area contributed by atoms with E-state index in [1.165, 1.54) is 12.1 Å². The van der Waals surface area contributed by atoms with Crippen LogP contribution < -0.4 is 5.73 Å². The molecule has 72 valence electrons. The molecule has 0 spiro atoms. The monoisotopic (exact) mass is 212 g/mol. The van der Waals surface area contributed by atoms with E-state index in [1.54, 1.807) is 12.1 Å². The second-order valence-corrected chi connectivity index (χ2v) is 3.08. The van der Waals surface area contributed by atoms with Gasteiger partial charge in [0.15, 0.2) is 5.15 Å². The fourth-order valence-electron chi connectivity index (χ4n) is 1.19. The van der Waals surface area contributed by atoms with Crippen molar-refractivity contribution in [3.8, 4) is 11.1 Å². The first-order chi connectivity index (χ1) is 6.68. The summed E-state index contributed by atoms with van der Waals surface area (Å²) in [5.74, 6) is -0.278. The van der Waals surface area contributed by atoms with Crippen molar-refractivity contribution in [1.29, 1.82) is 0 Å². The maximum atomic E-state index is 12.9. The molecule has 0 aliphatic heterocycles. The van der Waals surface area contributed by atoms with Gasteiger partial charge in [-0.25, -0.2) is 4.39 Å². The molecule has 1 aromatic heterocycles. The van der Waals surface area contributed by atoms with E-state index in [0.717, 1.165) is 0 Å². The highest BCUT2D eigenvalue weighted by Gasteiger charge is 2.13. The molecule has 2 aromatic rings. The smallest absolute Gasteiger partial charge is 0.231 e. The Bertz CT molecular complexity index is 450. The molecule has 5 heteroatoms. The summed E-state index contributed by atoms with van der Waals surface area (Å²) in [6, 6.07) is 5.89. The van der Waals surface area contributed by atoms with Crippen molar-refractivity contribution in [2.45, 2.75) is 0 Å². The molecule has 3 nitrogen and oxygen atoms in total. The van der Waals surface area contributed by atoms with Gasteiger partial charge in [0.1, 0.15) is 5.82 Å². The Hall–Kier alpha value is -1.55. The molecule has 0 aliphatic carbocycles. The molecule has 0 aliphatic rings. The van der Waals surface area contributed by atoms with Crippen LogP contribution in [0.2, 0.25) is 5.15 Å². The second kappa shape index (κ2) is 3.31. The fourth-order valence-corrected chi connectivity index (χ4v) is 1.42. The van der Waals surface area contributed by atoms with E-state index in [2.05, 4.69) is 9.68 Å². The van der Waals surface area contributed by atoms with Crippen LogP contribution in [0.15, 0.2) is 28.8 Å². The van der Waals surface area contributed by atoms with Gasteiger partial charge >= 0.3 is 0 Å². The molecule has 0 bridgehead atoms. The van der Waals surface area contributed by atoms with Crippen LogP contribution in [0.3, 0.4) is 0 Å². The number of nitrogen functional groups attached to an aromatic ring is 1. The van der Waals surface area contributed by atoms with Gasteiger partial charge in [-0.3, -0.25) is 0 Å². The summed E-state index contributed by atoms with van der Waals surface area (Å²) < 4.78 is 17.6. The first-order valence-corrected chi connectivity index (χ1v) is 4.23. The van der Waals surface area contributed by atoms with Gasteiger partial charge in [-0.1, -0.05) is 28.9 Å². The Morgan fingerprint density at radius 3 is 2.79 bits per heavy atom. The van der Waals surface area contributed by atoms with Crippen molar-refractivity contribution >= 4 is 17.5 Å². The van der Waals surface area contributed by atoms with E-state index in [0.29, 0.717) is 11.1 Å². The summed E-state index contributed by atoms with van der Waals surface area (Å²) in [4.78, 5) is 0. The molecule has 14 heavy (non-hydrogen) atoms. The van der Waals surface area contributed by atoms with Gasteiger partial charge in [0.05, 0.1) is 5.56 Å². The maximum absolute atomic E-state index is 12.9. The highest BCUT2D eigenvalue weighted by Crippen LogP contribution is 2.32. The van der Waals surface area contributed by atoms with Crippen LogP contribution in [-0.2, 0) is 0 Å². The summed E-state index contributed by atoms with van der Waals surface area (Å²) in [6.45, 7) is 0. The lowest BCUT2D eigenvalue weighted by Crippen LogP contribution is -1.86. The van der Waals surface area contributed by atoms with Crippen molar-refractivity contribution in [2.24, 2.45) is 0 Å². The van der Waals surface area contributed by atoms with E-state index >= 15 is 0 Å². The lowest BCUT2D eigenvalue weighted by Gasteiger charge is -1.97. The largest absolute Gasteiger partial charge is 0.367 e. The number of anilines is 1. The first kappa shape index (κ1) is 9.02. The number of nitrogens with two attached hydrogens (primary N) is 1. The highest BCUT2D eigenvalue weighted by atomic mass is 35.5. The Balaban J connectivity index is 2.59. The van der Waals surface area contributed by atoms with Gasteiger partial charge in [0.2, 0.25) is 5.88 Å². The average molecular weight is 213 g/mol. The van der Waals surface area contributed by atoms with Crippen molar-refractivity contribution in [3.05, 3.63) is 35.2 Å². The molecule has 0 radical (unpaired) electrons. The Morgan fingerprint density at radius 2 is 2.21 bits per heavy atom. The molecule has 1 aromatic carbocycles. The van der Waals surface area contributed by atoms with Crippen molar-refractivity contribution in [3.63, 3.8) is 0 Å². The lowest BCUT2D eigenvalue weighted by atomic mass is 10.1. The molecule has 1 heterocycles. The second-order valence-electron chi connectivity index (χ2n) is 2.72. The number of halogens is 2. The summed E-state index contributed by atoms with van der Waals surface area (Å²) >= 11 is 5.72. The van der Waals surface area contributed by atoms with Crippen molar-refractivity contribution in [1.82, 2.24) is 5.16 Å². The van der Waals surface area contributed by atoms with Gasteiger partial charge in [0.25, 0.3) is 0 Å². The first-order valence-electron chi connectivity index (χ1n) is 3.85. The summed E-state index contributed by atoms with van der Waals surface area (Å²) in [6.07, 6.45) is 0. The molecule has 2 rings (SSSR count). The number of rotatable bonds is 1. The Labute approximate surface area is 84.3 Å². The number of aromatic nitrogens is 1. The minimum atomic E-state index is -0.362. The molecule has 0 unspecified atom stereocenters. The number of nitrogens with zero attached hydrogens (tertiary/aromatic N) is 1. The topological polar surface area (TPSA) is 52.0 Å². The highest BCUT2D eigenvalue weighted by molar-refractivity contribution is 6.32. The van der Waals surface area contributed by atoms with Gasteiger partial charge < -0.3 is 10.3 Å². The van der Waals surface area contributed by atoms with Crippen molar-refractivity contribution < 1.29 is 8.91 Å². The van der Waals surface area contributed by atoms with E-state index < -0.39 is 0 Å². The molecule has 0 saturated carbocycles. The molecule has 2 N–H and O–H groups in total. The zero-order valence-electron chi connectivity index (χ0n) is 7.00. The number of hydrogen-bond acceptors (Lipinski definition) is 3. The van der Waals surface area contributed by atoms with Crippen molar-refractivity contribution in [2.75, 3.05) is 5.73 Å². The maximum Gasteiger partial charge on any atom is 0.231 e. The van der Waals surface area contributed by atoms with Crippen LogP contribution in [0.5, 0.6) is 0 Å². The zero-order valence-corrected chi connectivity index (χ0v) is 7.75. The summed E-state index contributed by atoms with van der Waals surface area (Å²) in [7, 11) is 0. The minimum absolute atomic E-state index is 0.0839. The van der Waals surface area contributed by atoms with Gasteiger partial charge in [-0.05, 0) is 17.7 Å². The molecular weight excluding hydrogens is 207 g/mol. The van der Waals surface area contributed by atoms with Gasteiger partial charge in [0, 0.05) is 0 Å². The molecule has 0 amide bonds. The van der Waals surface area contributed by atoms with Crippen LogP contribution in [0.25, 0.3) is 11.1 Å². The molecule has 0 saturated heterocycles. The fraction of sp³-hybridized carbons (Fsp3) is 0. The molecular formula is C9H6ClFN2O. The standard InChI is InChI=1S/C9H6ClFN2O/c10-8-7(9(12)14-13-8)5-2-1-3-6(11)4-5/h1-4H,12H2. The average Bonchev–Trinajstić information content (AvgIpc) is 2.46. The minimum Gasteiger partial charge on any atom is -0.367 e. The molecule has 0 fully saturated rings. The third-order valence-electron chi connectivity index (χ3n) is 1.79. The van der Waals surface area contributed by atoms with E-state index in [-0.39, 0.29) is 16.9 Å².